The van der Waals surface area contributed by atoms with Gasteiger partial charge in [0.1, 0.15) is 5.50 Å². The number of halogens is 1. The number of rotatable bonds is 2. The number of dihydropyridines is 1. The van der Waals surface area contributed by atoms with Crippen LogP contribution in [0.5, 0.6) is 0 Å². The molecular weight excluding hydrogens is 206 g/mol. The summed E-state index contributed by atoms with van der Waals surface area (Å²) in [7, 11) is 0. The van der Waals surface area contributed by atoms with E-state index < -0.39 is 0 Å². The molecule has 0 aromatic carbocycles. The molecule has 2 rings (SSSR count). The van der Waals surface area contributed by atoms with E-state index in [0.717, 1.165) is 6.42 Å². The highest BCUT2D eigenvalue weighted by Gasteiger charge is 2.20. The first-order valence-electron chi connectivity index (χ1n) is 6.15. The summed E-state index contributed by atoms with van der Waals surface area (Å²) in [5.41, 5.74) is 4.53. The summed E-state index contributed by atoms with van der Waals surface area (Å²) in [6.07, 6.45) is 11.1. The molecule has 1 N–H and O–H groups in total. The highest BCUT2D eigenvalue weighted by Crippen LogP contribution is 2.33. The Kier molecular flexibility index (Phi) is 3.74. The standard InChI is InChI=1S/C13H20ClN/c1-2-6-12-11-8-5-3-4-7-10(11)9-13(14)15-12/h9,13,15H,2-8H2,1H3. The first-order valence-corrected chi connectivity index (χ1v) is 6.58. The molecule has 1 aliphatic carbocycles. The van der Waals surface area contributed by atoms with E-state index in [0.29, 0.717) is 0 Å². The van der Waals surface area contributed by atoms with Crippen molar-refractivity contribution in [3.05, 3.63) is 22.9 Å². The molecular formula is C13H20ClN. The molecule has 1 fully saturated rings. The van der Waals surface area contributed by atoms with Gasteiger partial charge in [0.15, 0.2) is 0 Å². The molecule has 0 bridgehead atoms. The molecule has 1 saturated carbocycles. The van der Waals surface area contributed by atoms with Crippen LogP contribution in [-0.4, -0.2) is 5.50 Å². The summed E-state index contributed by atoms with van der Waals surface area (Å²) in [4.78, 5) is 0. The zero-order chi connectivity index (χ0) is 10.7. The molecule has 1 heterocycles. The number of nitrogens with one attached hydrogen (secondary N) is 1. The van der Waals surface area contributed by atoms with Crippen LogP contribution in [0.25, 0.3) is 0 Å². The van der Waals surface area contributed by atoms with Crippen LogP contribution in [0.15, 0.2) is 22.9 Å². The van der Waals surface area contributed by atoms with E-state index in [2.05, 4.69) is 18.3 Å². The van der Waals surface area contributed by atoms with Gasteiger partial charge in [-0.15, -0.1) is 0 Å². The van der Waals surface area contributed by atoms with Gasteiger partial charge in [-0.25, -0.2) is 0 Å². The van der Waals surface area contributed by atoms with Gasteiger partial charge in [0.25, 0.3) is 0 Å². The Bertz CT molecular complexity index is 291. The van der Waals surface area contributed by atoms with Gasteiger partial charge >= 0.3 is 0 Å². The lowest BCUT2D eigenvalue weighted by Gasteiger charge is -2.25. The third kappa shape index (κ3) is 2.57. The van der Waals surface area contributed by atoms with Gasteiger partial charge in [-0.1, -0.05) is 31.4 Å². The minimum atomic E-state index is 0.0170. The summed E-state index contributed by atoms with van der Waals surface area (Å²) in [6, 6.07) is 0. The fraction of sp³-hybridized carbons (Fsp3) is 0.692. The maximum absolute atomic E-state index is 6.20. The van der Waals surface area contributed by atoms with Gasteiger partial charge in [0.2, 0.25) is 0 Å². The minimum absolute atomic E-state index is 0.0170. The normalized spacial score (nSPS) is 26.5. The van der Waals surface area contributed by atoms with Crippen molar-refractivity contribution in [3.63, 3.8) is 0 Å². The van der Waals surface area contributed by atoms with Crippen molar-refractivity contribution in [2.24, 2.45) is 0 Å². The van der Waals surface area contributed by atoms with Crippen molar-refractivity contribution >= 4 is 11.6 Å². The molecule has 1 unspecified atom stereocenters. The van der Waals surface area contributed by atoms with Crippen LogP contribution >= 0.6 is 11.6 Å². The Hall–Kier alpha value is -0.430. The Morgan fingerprint density at radius 1 is 1.33 bits per heavy atom. The zero-order valence-corrected chi connectivity index (χ0v) is 10.2. The molecule has 1 atom stereocenters. The van der Waals surface area contributed by atoms with Gasteiger partial charge < -0.3 is 5.32 Å². The molecule has 15 heavy (non-hydrogen) atoms. The lowest BCUT2D eigenvalue weighted by molar-refractivity contribution is 0.702. The van der Waals surface area contributed by atoms with Crippen LogP contribution in [-0.2, 0) is 0 Å². The van der Waals surface area contributed by atoms with Crippen LogP contribution in [0.1, 0.15) is 51.9 Å². The summed E-state index contributed by atoms with van der Waals surface area (Å²) >= 11 is 6.20. The maximum Gasteiger partial charge on any atom is 0.120 e. The molecule has 84 valence electrons. The largest absolute Gasteiger partial charge is 0.369 e. The molecule has 2 aliphatic rings. The summed E-state index contributed by atoms with van der Waals surface area (Å²) in [5, 5.41) is 3.41. The predicted octanol–water partition coefficient (Wildman–Crippen LogP) is 4.10. The fourth-order valence-electron chi connectivity index (χ4n) is 2.58. The fourth-order valence-corrected chi connectivity index (χ4v) is 2.86. The molecule has 0 aromatic heterocycles. The van der Waals surface area contributed by atoms with Crippen molar-refractivity contribution < 1.29 is 0 Å². The van der Waals surface area contributed by atoms with Crippen LogP contribution in [0.2, 0.25) is 0 Å². The van der Waals surface area contributed by atoms with Crippen LogP contribution in [0, 0.1) is 0 Å². The highest BCUT2D eigenvalue weighted by molar-refractivity contribution is 6.21. The molecule has 0 amide bonds. The van der Waals surface area contributed by atoms with Crippen molar-refractivity contribution in [1.82, 2.24) is 5.32 Å². The number of fused-ring (bicyclic) bond motifs is 1. The summed E-state index contributed by atoms with van der Waals surface area (Å²) in [5.74, 6) is 0. The second-order valence-electron chi connectivity index (χ2n) is 4.51. The number of hydrogen-bond acceptors (Lipinski definition) is 1. The topological polar surface area (TPSA) is 12.0 Å². The molecule has 0 saturated heterocycles. The Labute approximate surface area is 97.6 Å². The smallest absolute Gasteiger partial charge is 0.120 e. The van der Waals surface area contributed by atoms with Crippen molar-refractivity contribution in [2.45, 2.75) is 57.4 Å². The van der Waals surface area contributed by atoms with Gasteiger partial charge in [-0.05, 0) is 49.3 Å². The number of allylic oxidation sites excluding steroid dienone is 3. The second kappa shape index (κ2) is 5.07. The molecule has 1 aliphatic heterocycles. The molecule has 2 heteroatoms. The minimum Gasteiger partial charge on any atom is -0.369 e. The first-order chi connectivity index (χ1) is 7.31. The average molecular weight is 226 g/mol. The zero-order valence-electron chi connectivity index (χ0n) is 9.48. The number of alkyl halides is 1. The van der Waals surface area contributed by atoms with E-state index in [-0.39, 0.29) is 5.50 Å². The first kappa shape index (κ1) is 11.1. The highest BCUT2D eigenvalue weighted by atomic mass is 35.5. The monoisotopic (exact) mass is 225 g/mol. The lowest BCUT2D eigenvalue weighted by Crippen LogP contribution is -2.27. The molecule has 1 nitrogen and oxygen atoms in total. The van der Waals surface area contributed by atoms with Gasteiger partial charge in [0.05, 0.1) is 0 Å². The van der Waals surface area contributed by atoms with Crippen LogP contribution < -0.4 is 5.32 Å². The van der Waals surface area contributed by atoms with Crippen molar-refractivity contribution in [2.75, 3.05) is 0 Å². The van der Waals surface area contributed by atoms with E-state index in [1.165, 1.54) is 49.8 Å². The Balaban J connectivity index is 2.25. The van der Waals surface area contributed by atoms with Crippen molar-refractivity contribution in [3.8, 4) is 0 Å². The third-order valence-electron chi connectivity index (χ3n) is 3.28. The van der Waals surface area contributed by atoms with Crippen LogP contribution in [0.3, 0.4) is 0 Å². The molecule has 0 radical (unpaired) electrons. The number of hydrogen-bond donors (Lipinski definition) is 1. The molecule has 0 aromatic rings. The van der Waals surface area contributed by atoms with Gasteiger partial charge in [0, 0.05) is 5.70 Å². The SMILES string of the molecule is CCCC1=C2CCCCCC2=CC(Cl)N1. The van der Waals surface area contributed by atoms with E-state index in [9.17, 15) is 0 Å². The van der Waals surface area contributed by atoms with Gasteiger partial charge in [-0.3, -0.25) is 0 Å². The molecule has 0 spiro atoms. The lowest BCUT2D eigenvalue weighted by atomic mass is 9.94. The van der Waals surface area contributed by atoms with E-state index >= 15 is 0 Å². The summed E-state index contributed by atoms with van der Waals surface area (Å²) < 4.78 is 0. The Morgan fingerprint density at radius 2 is 2.13 bits per heavy atom. The summed E-state index contributed by atoms with van der Waals surface area (Å²) in [6.45, 7) is 2.23. The third-order valence-corrected chi connectivity index (χ3v) is 3.52. The quantitative estimate of drug-likeness (QED) is 0.551. The van der Waals surface area contributed by atoms with E-state index in [4.69, 9.17) is 11.6 Å². The second-order valence-corrected chi connectivity index (χ2v) is 4.98. The van der Waals surface area contributed by atoms with Crippen molar-refractivity contribution in [1.29, 1.82) is 0 Å². The van der Waals surface area contributed by atoms with E-state index in [1.807, 2.05) is 0 Å². The van der Waals surface area contributed by atoms with E-state index in [1.54, 1.807) is 5.57 Å². The van der Waals surface area contributed by atoms with Crippen LogP contribution in [0.4, 0.5) is 0 Å². The Morgan fingerprint density at radius 3 is 2.93 bits per heavy atom. The predicted molar refractivity (Wildman–Crippen MR) is 65.9 cm³/mol. The maximum atomic E-state index is 6.20. The van der Waals surface area contributed by atoms with Gasteiger partial charge in [-0.2, -0.15) is 0 Å². The average Bonchev–Trinajstić information content (AvgIpc) is 2.43.